The number of rotatable bonds is 12. The first kappa shape index (κ1) is 30.7. The number of nitrogens with zero attached hydrogens (tertiary/aromatic N) is 3. The van der Waals surface area contributed by atoms with E-state index >= 15 is 0 Å². The van der Waals surface area contributed by atoms with Gasteiger partial charge in [0.05, 0.1) is 34.3 Å². The summed E-state index contributed by atoms with van der Waals surface area (Å²) in [6.45, 7) is 12.5. The Morgan fingerprint density at radius 2 is 1.95 bits per heavy atom. The van der Waals surface area contributed by atoms with Crippen LogP contribution >= 0.6 is 11.3 Å². The summed E-state index contributed by atoms with van der Waals surface area (Å²) in [7, 11) is 0. The minimum absolute atomic E-state index is 0.0702. The number of aliphatic hydroxyl groups is 1. The number of aryl methyl sites for hydroxylation is 1. The molecule has 1 saturated heterocycles. The number of ether oxygens (including phenoxy) is 2. The van der Waals surface area contributed by atoms with Crippen LogP contribution in [0.25, 0.3) is 10.4 Å². The van der Waals surface area contributed by atoms with Gasteiger partial charge in [-0.1, -0.05) is 38.1 Å². The van der Waals surface area contributed by atoms with Crippen LogP contribution in [0.15, 0.2) is 40.4 Å². The van der Waals surface area contributed by atoms with Crippen LogP contribution in [-0.2, 0) is 14.3 Å². The van der Waals surface area contributed by atoms with E-state index in [9.17, 15) is 14.7 Å². The number of carbonyl (C=O) groups excluding carboxylic acids is 2. The zero-order chi connectivity index (χ0) is 29.7. The number of benzene rings is 1. The van der Waals surface area contributed by atoms with Crippen LogP contribution in [0, 0.1) is 12.8 Å². The molecule has 1 aliphatic heterocycles. The van der Waals surface area contributed by atoms with Crippen molar-refractivity contribution < 1.29 is 28.7 Å². The largest absolute Gasteiger partial charge is 0.473 e. The molecule has 3 aromatic rings. The third-order valence-corrected chi connectivity index (χ3v) is 8.28. The molecule has 1 unspecified atom stereocenters. The highest BCUT2D eigenvalue weighted by molar-refractivity contribution is 7.13. The second-order valence-corrected chi connectivity index (χ2v) is 11.7. The van der Waals surface area contributed by atoms with E-state index in [2.05, 4.69) is 15.5 Å². The van der Waals surface area contributed by atoms with E-state index < -0.39 is 18.1 Å². The maximum atomic E-state index is 13.8. The van der Waals surface area contributed by atoms with Crippen LogP contribution in [0.4, 0.5) is 0 Å². The zero-order valence-corrected chi connectivity index (χ0v) is 25.3. The number of aliphatic hydroxyl groups excluding tert-OH is 1. The summed E-state index contributed by atoms with van der Waals surface area (Å²) >= 11 is 1.59. The van der Waals surface area contributed by atoms with Crippen molar-refractivity contribution in [3.8, 4) is 16.3 Å². The van der Waals surface area contributed by atoms with Crippen molar-refractivity contribution in [2.24, 2.45) is 5.92 Å². The standard InChI is InChI=1S/C30H40N4O6S/c1-7-38-18(4)15-39-26-13-25(40-33-26)27(17(2)3)30(37)34-14-23(35)12-24(34)29(36)32-19(5)21-8-10-22(11-9-21)28-20(6)31-16-41-28/h8-11,13,16-19,23-24,27,35H,7,12,14-15H2,1-6H3,(H,32,36)/t18?,19-,23+,24-,27-/m0/s1. The van der Waals surface area contributed by atoms with Gasteiger partial charge >= 0.3 is 0 Å². The fraction of sp³-hybridized carbons (Fsp3) is 0.533. The summed E-state index contributed by atoms with van der Waals surface area (Å²) in [6, 6.07) is 8.54. The number of amides is 2. The van der Waals surface area contributed by atoms with Crippen molar-refractivity contribution >= 4 is 23.2 Å². The van der Waals surface area contributed by atoms with E-state index in [4.69, 9.17) is 14.0 Å². The molecule has 0 radical (unpaired) electrons. The number of carbonyl (C=O) groups is 2. The molecule has 1 aliphatic rings. The smallest absolute Gasteiger partial charge is 0.254 e. The summed E-state index contributed by atoms with van der Waals surface area (Å²) in [5.74, 6) is -0.810. The lowest BCUT2D eigenvalue weighted by Crippen LogP contribution is -2.48. The normalized spacial score (nSPS) is 19.3. The summed E-state index contributed by atoms with van der Waals surface area (Å²) in [5, 5.41) is 17.5. The second-order valence-electron chi connectivity index (χ2n) is 10.9. The lowest BCUT2D eigenvalue weighted by molar-refractivity contribution is -0.141. The van der Waals surface area contributed by atoms with Crippen LogP contribution in [0.1, 0.15) is 70.0 Å². The minimum atomic E-state index is -0.800. The summed E-state index contributed by atoms with van der Waals surface area (Å²) < 4.78 is 16.7. The van der Waals surface area contributed by atoms with Crippen LogP contribution in [-0.4, -0.2) is 70.0 Å². The Balaban J connectivity index is 1.43. The molecule has 3 heterocycles. The first-order chi connectivity index (χ1) is 19.6. The first-order valence-electron chi connectivity index (χ1n) is 14.1. The Kier molecular flexibility index (Phi) is 10.2. The number of hydrogen-bond donors (Lipinski definition) is 2. The lowest BCUT2D eigenvalue weighted by atomic mass is 9.91. The van der Waals surface area contributed by atoms with Gasteiger partial charge in [-0.2, -0.15) is 0 Å². The highest BCUT2D eigenvalue weighted by Gasteiger charge is 2.43. The highest BCUT2D eigenvalue weighted by Crippen LogP contribution is 2.33. The zero-order valence-electron chi connectivity index (χ0n) is 24.5. The van der Waals surface area contributed by atoms with Crippen molar-refractivity contribution in [2.45, 2.75) is 78.2 Å². The van der Waals surface area contributed by atoms with Gasteiger partial charge in [-0.15, -0.1) is 11.3 Å². The molecule has 1 fully saturated rings. The van der Waals surface area contributed by atoms with Crippen LogP contribution < -0.4 is 10.1 Å². The molecule has 10 nitrogen and oxygen atoms in total. The average Bonchev–Trinajstić information content (AvgIpc) is 3.67. The Morgan fingerprint density at radius 3 is 2.59 bits per heavy atom. The van der Waals surface area contributed by atoms with E-state index in [-0.39, 0.29) is 48.7 Å². The summed E-state index contributed by atoms with van der Waals surface area (Å²) in [5.41, 5.74) is 4.83. The molecule has 1 aromatic carbocycles. The number of likely N-dealkylation sites (tertiary alicyclic amines) is 1. The fourth-order valence-electron chi connectivity index (χ4n) is 5.14. The van der Waals surface area contributed by atoms with Crippen LogP contribution in [0.3, 0.4) is 0 Å². The van der Waals surface area contributed by atoms with E-state index in [1.54, 1.807) is 17.4 Å². The first-order valence-corrected chi connectivity index (χ1v) is 15.0. The number of β-amino-alcohol motifs (C(OH)–C–C–N with tert-alkyl or cyclic N) is 1. The van der Waals surface area contributed by atoms with Gasteiger partial charge in [-0.25, -0.2) is 4.98 Å². The van der Waals surface area contributed by atoms with Crippen molar-refractivity contribution in [1.82, 2.24) is 20.4 Å². The predicted molar refractivity (Wildman–Crippen MR) is 156 cm³/mol. The molecule has 0 bridgehead atoms. The van der Waals surface area contributed by atoms with E-state index in [1.165, 1.54) is 4.90 Å². The Hall–Kier alpha value is -3.28. The van der Waals surface area contributed by atoms with Crippen molar-refractivity contribution in [2.75, 3.05) is 19.8 Å². The number of hydrogen-bond acceptors (Lipinski definition) is 9. The monoisotopic (exact) mass is 584 g/mol. The Morgan fingerprint density at radius 1 is 1.22 bits per heavy atom. The van der Waals surface area contributed by atoms with Gasteiger partial charge in [-0.3, -0.25) is 9.59 Å². The summed E-state index contributed by atoms with van der Waals surface area (Å²) in [4.78, 5) is 34.2. The topological polar surface area (TPSA) is 127 Å². The Bertz CT molecular complexity index is 1310. The molecule has 222 valence electrons. The second kappa shape index (κ2) is 13.6. The van der Waals surface area contributed by atoms with Crippen molar-refractivity contribution in [1.29, 1.82) is 0 Å². The quantitative estimate of drug-likeness (QED) is 0.319. The van der Waals surface area contributed by atoms with Crippen molar-refractivity contribution in [3.05, 3.63) is 52.9 Å². The van der Waals surface area contributed by atoms with Crippen LogP contribution in [0.2, 0.25) is 0 Å². The molecule has 2 amide bonds. The maximum absolute atomic E-state index is 13.8. The molecule has 2 N–H and O–H groups in total. The van der Waals surface area contributed by atoms with E-state index in [0.29, 0.717) is 19.0 Å². The van der Waals surface area contributed by atoms with Gasteiger partial charge in [0.25, 0.3) is 5.88 Å². The van der Waals surface area contributed by atoms with Gasteiger partial charge in [0.2, 0.25) is 11.8 Å². The SMILES string of the molecule is CCOC(C)COc1cc([C@@H](C(=O)N2C[C@H](O)C[C@H]2C(=O)N[C@@H](C)c2ccc(-c3scnc3C)cc2)C(C)C)on1. The van der Waals surface area contributed by atoms with E-state index in [0.717, 1.165) is 21.7 Å². The average molecular weight is 585 g/mol. The molecule has 0 aliphatic carbocycles. The molecular formula is C30H40N4O6S. The fourth-order valence-corrected chi connectivity index (χ4v) is 5.95. The molecule has 5 atom stereocenters. The lowest BCUT2D eigenvalue weighted by Gasteiger charge is -2.29. The molecule has 11 heteroatoms. The number of thiazole rings is 1. The minimum Gasteiger partial charge on any atom is -0.473 e. The van der Waals surface area contributed by atoms with Crippen LogP contribution in [0.5, 0.6) is 5.88 Å². The molecule has 0 saturated carbocycles. The third kappa shape index (κ3) is 7.33. The molecule has 2 aromatic heterocycles. The molecule has 4 rings (SSSR count). The van der Waals surface area contributed by atoms with Gasteiger partial charge in [0.1, 0.15) is 18.6 Å². The van der Waals surface area contributed by atoms with Crippen molar-refractivity contribution in [3.63, 3.8) is 0 Å². The van der Waals surface area contributed by atoms with Gasteiger partial charge < -0.3 is 29.3 Å². The Labute approximate surface area is 245 Å². The number of aromatic nitrogens is 2. The molecular weight excluding hydrogens is 544 g/mol. The molecule has 41 heavy (non-hydrogen) atoms. The molecule has 0 spiro atoms. The summed E-state index contributed by atoms with van der Waals surface area (Å²) in [6.07, 6.45) is -0.747. The van der Waals surface area contributed by atoms with Gasteiger partial charge in [-0.05, 0) is 49.9 Å². The maximum Gasteiger partial charge on any atom is 0.254 e. The number of nitrogens with one attached hydrogen (secondary N) is 1. The third-order valence-electron chi connectivity index (χ3n) is 7.30. The van der Waals surface area contributed by atoms with Gasteiger partial charge in [0, 0.05) is 25.6 Å². The highest BCUT2D eigenvalue weighted by atomic mass is 32.1. The van der Waals surface area contributed by atoms with E-state index in [1.807, 2.05) is 71.3 Å². The van der Waals surface area contributed by atoms with Gasteiger partial charge in [0.15, 0.2) is 5.76 Å². The predicted octanol–water partition coefficient (Wildman–Crippen LogP) is 4.49.